The topological polar surface area (TPSA) is 124 Å². The Bertz CT molecular complexity index is 1500. The minimum atomic E-state index is -1.01. The fourth-order valence-corrected chi connectivity index (χ4v) is 11.4. The van der Waals surface area contributed by atoms with E-state index in [4.69, 9.17) is 29.0 Å². The van der Waals surface area contributed by atoms with Crippen LogP contribution < -0.4 is 10.4 Å². The van der Waals surface area contributed by atoms with Gasteiger partial charge in [-0.3, -0.25) is 0 Å². The van der Waals surface area contributed by atoms with Gasteiger partial charge in [0.15, 0.2) is 0 Å². The zero-order valence-electron chi connectivity index (χ0n) is 33.6. The van der Waals surface area contributed by atoms with Crippen molar-refractivity contribution < 1.29 is 48.2 Å². The van der Waals surface area contributed by atoms with E-state index in [2.05, 4.69) is 53.7 Å². The molecule has 12 heteroatoms. The van der Waals surface area contributed by atoms with Gasteiger partial charge in [0.25, 0.3) is 0 Å². The summed E-state index contributed by atoms with van der Waals surface area (Å²) in [4.78, 5) is 68.7. The van der Waals surface area contributed by atoms with Crippen LogP contribution in [0.15, 0.2) is 71.1 Å². The molecular formula is C43H60O10Si2. The summed E-state index contributed by atoms with van der Waals surface area (Å²) >= 11 is 0. The van der Waals surface area contributed by atoms with Gasteiger partial charge in [-0.15, -0.1) is 0 Å². The number of hydrogen-bond acceptors (Lipinski definition) is 10. The van der Waals surface area contributed by atoms with Crippen molar-refractivity contribution in [1.29, 1.82) is 0 Å². The first-order valence-corrected chi connectivity index (χ1v) is 23.0. The van der Waals surface area contributed by atoms with E-state index in [1.54, 1.807) is 24.3 Å². The first kappa shape index (κ1) is 43.6. The molecule has 0 aliphatic heterocycles. The van der Waals surface area contributed by atoms with Gasteiger partial charge in [0, 0.05) is 0 Å². The average Bonchev–Trinajstić information content (AvgIpc) is 3.19. The van der Waals surface area contributed by atoms with Crippen molar-refractivity contribution >= 4 is 53.7 Å². The molecule has 4 rings (SSSR count). The van der Waals surface area contributed by atoms with Crippen molar-refractivity contribution in [3.63, 3.8) is 0 Å². The lowest BCUT2D eigenvalue weighted by Crippen LogP contribution is -2.39. The summed E-state index contributed by atoms with van der Waals surface area (Å²) in [6.07, 6.45) is 12.4. The molecule has 0 saturated heterocycles. The first-order chi connectivity index (χ1) is 26.4. The Morgan fingerprint density at radius 1 is 0.564 bits per heavy atom. The first-order valence-electron chi connectivity index (χ1n) is 20.2. The molecule has 2 aromatic carbocycles. The third kappa shape index (κ3) is 13.5. The van der Waals surface area contributed by atoms with Crippen LogP contribution in [0.4, 0.5) is 9.59 Å². The van der Waals surface area contributed by atoms with Crippen LogP contribution in [0, 0.1) is 17.3 Å². The summed E-state index contributed by atoms with van der Waals surface area (Å²) < 4.78 is 11.0. The lowest BCUT2D eigenvalue weighted by atomic mass is 9.60. The number of carbonyl (C=O) groups excluding carboxylic acids is 4. The fraction of sp³-hybridized carbons (Fsp3) is 0.535. The van der Waals surface area contributed by atoms with Gasteiger partial charge in [0.05, 0.1) is 30.2 Å². The molecule has 300 valence electrons. The van der Waals surface area contributed by atoms with Gasteiger partial charge in [-0.2, -0.15) is 9.59 Å². The molecule has 0 spiro atoms. The van der Waals surface area contributed by atoms with Crippen molar-refractivity contribution in [2.24, 2.45) is 17.3 Å². The number of benzene rings is 2. The molecule has 55 heavy (non-hydrogen) atoms. The maximum Gasteiger partial charge on any atom is 0.550 e. The zero-order valence-corrected chi connectivity index (χ0v) is 36.4. The molecule has 10 nitrogen and oxygen atoms in total. The number of rotatable bonds is 14. The van der Waals surface area contributed by atoms with Gasteiger partial charge < -0.3 is 9.47 Å². The predicted octanol–water partition coefficient (Wildman–Crippen LogP) is 7.98. The molecule has 2 fully saturated rings. The van der Waals surface area contributed by atoms with Crippen LogP contribution >= 0.6 is 0 Å². The van der Waals surface area contributed by atoms with Gasteiger partial charge >= 0.3 is 24.2 Å². The highest BCUT2D eigenvalue weighted by molar-refractivity contribution is 6.61. The Balaban J connectivity index is 1.11. The number of ether oxygens (including phenoxy) is 2. The minimum Gasteiger partial charge on any atom is -0.428 e. The molecule has 0 aromatic heterocycles. The van der Waals surface area contributed by atoms with E-state index < -0.39 is 43.3 Å². The van der Waals surface area contributed by atoms with Crippen molar-refractivity contribution in [3.8, 4) is 0 Å². The molecule has 0 heterocycles. The largest absolute Gasteiger partial charge is 0.550 e. The van der Waals surface area contributed by atoms with Gasteiger partial charge in [-0.25, -0.2) is 29.1 Å². The summed E-state index contributed by atoms with van der Waals surface area (Å²) in [5, 5.41) is 5.44. The molecule has 0 bridgehead atoms. The van der Waals surface area contributed by atoms with E-state index in [-0.39, 0.29) is 17.6 Å². The van der Waals surface area contributed by atoms with Crippen molar-refractivity contribution in [2.75, 3.05) is 0 Å². The third-order valence-corrected chi connectivity index (χ3v) is 15.7. The van der Waals surface area contributed by atoms with Gasteiger partial charge in [-0.1, -0.05) is 98.7 Å². The second-order valence-corrected chi connectivity index (χ2v) is 19.6. The minimum absolute atomic E-state index is 0.0346. The smallest absolute Gasteiger partial charge is 0.428 e. The van der Waals surface area contributed by atoms with E-state index in [0.717, 1.165) is 51.4 Å². The summed E-state index contributed by atoms with van der Waals surface area (Å²) in [5.74, 6) is -0.615. The van der Waals surface area contributed by atoms with Crippen LogP contribution in [-0.4, -0.2) is 55.5 Å². The summed E-state index contributed by atoms with van der Waals surface area (Å²) in [6, 6.07) is 14.6. The monoisotopic (exact) mass is 792 g/mol. The van der Waals surface area contributed by atoms with Crippen molar-refractivity contribution in [2.45, 2.75) is 131 Å². The molecule has 0 radical (unpaired) electrons. The second-order valence-electron chi connectivity index (χ2n) is 15.4. The molecule has 0 amide bonds. The Morgan fingerprint density at radius 2 is 0.909 bits per heavy atom. The van der Waals surface area contributed by atoms with Crippen LogP contribution in [0.3, 0.4) is 0 Å². The lowest BCUT2D eigenvalue weighted by Gasteiger charge is -2.46. The highest BCUT2D eigenvalue weighted by Crippen LogP contribution is 2.49. The summed E-state index contributed by atoms with van der Waals surface area (Å²) in [5.41, 5.74) is 0.658. The Kier molecular flexibility index (Phi) is 17.3. The van der Waals surface area contributed by atoms with E-state index in [1.807, 2.05) is 24.3 Å². The number of allylic oxidation sites excluding steroid dienone is 4. The molecule has 0 N–H and O–H groups in total. The molecule has 2 aliphatic carbocycles. The lowest BCUT2D eigenvalue weighted by molar-refractivity contribution is -0.209. The molecule has 2 saturated carbocycles. The standard InChI is InChI=1S/C43H60O10Si2/c1-7-11-35(9-3)54-37-25-13-29(14-26-37)39(44)50-52-41(46)48-33-21-17-31(18-22-33)43(5,6)32-19-23-34(24-20-32)49-42(47)53-51-40(45)30-15-27-38(28-16-30)55-36(10-4)12-8-2/h11-16,25-28,31-34H,7-10,17-24,54-55H2,1-6H3. The number of carbonyl (C=O) groups is 4. The fourth-order valence-electron chi connectivity index (χ4n) is 8.04. The van der Waals surface area contributed by atoms with E-state index in [9.17, 15) is 19.2 Å². The van der Waals surface area contributed by atoms with Gasteiger partial charge in [-0.05, 0) is 119 Å². The van der Waals surface area contributed by atoms with Crippen LogP contribution in [0.2, 0.25) is 0 Å². The Hall–Kier alpha value is -4.17. The van der Waals surface area contributed by atoms with E-state index in [0.29, 0.717) is 48.6 Å². The van der Waals surface area contributed by atoms with Crippen molar-refractivity contribution in [3.05, 3.63) is 82.2 Å². The highest BCUT2D eigenvalue weighted by atomic mass is 28.2. The van der Waals surface area contributed by atoms with Crippen molar-refractivity contribution in [1.82, 2.24) is 0 Å². The predicted molar refractivity (Wildman–Crippen MR) is 218 cm³/mol. The summed E-state index contributed by atoms with van der Waals surface area (Å²) in [6.45, 7) is 13.2. The SMILES string of the molecule is CCC=C(CC)[SiH2]c1ccc(C(=O)OOC(=O)OC2CCC(C(C)(C)C3CCC(OC(=O)OOC(=O)c4ccc([SiH2]C(=CCC)CC)cc4)CC3)CC2)cc1. The summed E-state index contributed by atoms with van der Waals surface area (Å²) in [7, 11) is -1.12. The Labute approximate surface area is 331 Å². The van der Waals surface area contributed by atoms with E-state index >= 15 is 0 Å². The zero-order chi connectivity index (χ0) is 39.8. The third-order valence-electron chi connectivity index (χ3n) is 11.5. The maximum absolute atomic E-state index is 12.5. The van der Waals surface area contributed by atoms with E-state index in [1.165, 1.54) is 20.8 Å². The van der Waals surface area contributed by atoms with Gasteiger partial charge in [0.1, 0.15) is 12.2 Å². The maximum atomic E-state index is 12.5. The van der Waals surface area contributed by atoms with Crippen LogP contribution in [0.1, 0.15) is 139 Å². The molecule has 2 aliphatic rings. The van der Waals surface area contributed by atoms with Crippen LogP contribution in [0.25, 0.3) is 0 Å². The Morgan fingerprint density at radius 3 is 1.22 bits per heavy atom. The van der Waals surface area contributed by atoms with Gasteiger partial charge in [0.2, 0.25) is 0 Å². The molecule has 0 atom stereocenters. The molecule has 0 unspecified atom stereocenters. The van der Waals surface area contributed by atoms with Crippen LogP contribution in [0.5, 0.6) is 0 Å². The second kappa shape index (κ2) is 21.8. The normalized spacial score (nSPS) is 21.0. The van der Waals surface area contributed by atoms with Crippen LogP contribution in [-0.2, 0) is 29.0 Å². The number of hydrogen-bond donors (Lipinski definition) is 0. The molecule has 2 aromatic rings. The molecular weight excluding hydrogens is 733 g/mol. The average molecular weight is 793 g/mol. The quantitative estimate of drug-likeness (QED) is 0.0806. The highest BCUT2D eigenvalue weighted by Gasteiger charge is 2.41.